The quantitative estimate of drug-likeness (QED) is 0.430. The van der Waals surface area contributed by atoms with Crippen molar-refractivity contribution in [2.75, 3.05) is 11.9 Å². The lowest BCUT2D eigenvalue weighted by Gasteiger charge is -2.34. The standard InChI is InChI=1S/C23H22N4O5S/c28-23(17-6-10-20(11-7-17)27(29)30)25-19-8-12-21(13-9-19)33(31,32)26-15-2-1-5-22(26)18-4-3-14-24-16-18/h3-4,6-14,16,22H,1-2,5,15H2,(H,25,28)/t22-/m0/s1. The Morgan fingerprint density at radius 1 is 1.06 bits per heavy atom. The van der Waals surface area contributed by atoms with Crippen LogP contribution in [-0.4, -0.2) is 35.1 Å². The molecule has 1 aromatic heterocycles. The second-order valence-electron chi connectivity index (χ2n) is 7.70. The average molecular weight is 467 g/mol. The molecule has 0 saturated carbocycles. The zero-order chi connectivity index (χ0) is 23.4. The molecule has 10 heteroatoms. The fourth-order valence-corrected chi connectivity index (χ4v) is 5.56. The van der Waals surface area contributed by atoms with Gasteiger partial charge in [0.1, 0.15) is 0 Å². The van der Waals surface area contributed by atoms with Gasteiger partial charge in [0.15, 0.2) is 0 Å². The molecule has 1 atom stereocenters. The number of aromatic nitrogens is 1. The van der Waals surface area contributed by atoms with E-state index >= 15 is 0 Å². The maximum absolute atomic E-state index is 13.4. The molecule has 0 radical (unpaired) electrons. The molecular weight excluding hydrogens is 444 g/mol. The highest BCUT2D eigenvalue weighted by Gasteiger charge is 2.34. The minimum Gasteiger partial charge on any atom is -0.322 e. The van der Waals surface area contributed by atoms with Crippen molar-refractivity contribution >= 4 is 27.3 Å². The van der Waals surface area contributed by atoms with Crippen molar-refractivity contribution in [3.63, 3.8) is 0 Å². The molecule has 0 spiro atoms. The number of pyridine rings is 1. The maximum atomic E-state index is 13.4. The minimum absolute atomic E-state index is 0.108. The van der Waals surface area contributed by atoms with Gasteiger partial charge < -0.3 is 5.32 Å². The molecular formula is C23H22N4O5S. The second-order valence-corrected chi connectivity index (χ2v) is 9.59. The van der Waals surface area contributed by atoms with E-state index in [4.69, 9.17) is 0 Å². The van der Waals surface area contributed by atoms with E-state index in [9.17, 15) is 23.3 Å². The first kappa shape index (κ1) is 22.6. The van der Waals surface area contributed by atoms with Crippen LogP contribution >= 0.6 is 0 Å². The Morgan fingerprint density at radius 3 is 2.42 bits per heavy atom. The van der Waals surface area contributed by atoms with Gasteiger partial charge in [-0.1, -0.05) is 12.5 Å². The molecule has 1 N–H and O–H groups in total. The van der Waals surface area contributed by atoms with Crippen molar-refractivity contribution in [1.82, 2.24) is 9.29 Å². The molecule has 3 aromatic rings. The normalized spacial score (nSPS) is 16.8. The molecule has 170 valence electrons. The van der Waals surface area contributed by atoms with E-state index < -0.39 is 20.9 Å². The summed E-state index contributed by atoms with van der Waals surface area (Å²) in [6.07, 6.45) is 5.83. The number of carbonyl (C=O) groups is 1. The van der Waals surface area contributed by atoms with Crippen molar-refractivity contribution in [2.45, 2.75) is 30.2 Å². The number of piperidine rings is 1. The smallest absolute Gasteiger partial charge is 0.269 e. The third-order valence-electron chi connectivity index (χ3n) is 5.58. The molecule has 2 aromatic carbocycles. The largest absolute Gasteiger partial charge is 0.322 e. The van der Waals surface area contributed by atoms with Gasteiger partial charge in [-0.3, -0.25) is 19.9 Å². The number of non-ortho nitro benzene ring substituents is 1. The summed E-state index contributed by atoms with van der Waals surface area (Å²) < 4.78 is 28.3. The number of hydrogen-bond acceptors (Lipinski definition) is 6. The van der Waals surface area contributed by atoms with Gasteiger partial charge in [0, 0.05) is 42.3 Å². The van der Waals surface area contributed by atoms with Crippen LogP contribution in [0.2, 0.25) is 0 Å². The Balaban J connectivity index is 1.50. The molecule has 0 unspecified atom stereocenters. The minimum atomic E-state index is -3.74. The number of rotatable bonds is 6. The van der Waals surface area contributed by atoms with E-state index in [0.29, 0.717) is 12.2 Å². The predicted octanol–water partition coefficient (Wildman–Crippen LogP) is 4.16. The number of hydrogen-bond donors (Lipinski definition) is 1. The van der Waals surface area contributed by atoms with Crippen LogP contribution in [0.3, 0.4) is 0 Å². The number of carbonyl (C=O) groups excluding carboxylic acids is 1. The summed E-state index contributed by atoms with van der Waals surface area (Å²) in [4.78, 5) is 26.9. The van der Waals surface area contributed by atoms with Gasteiger partial charge >= 0.3 is 0 Å². The molecule has 1 fully saturated rings. The Morgan fingerprint density at radius 2 is 1.79 bits per heavy atom. The monoisotopic (exact) mass is 466 g/mol. The van der Waals surface area contributed by atoms with Crippen LogP contribution in [0.1, 0.15) is 41.2 Å². The number of benzene rings is 2. The van der Waals surface area contributed by atoms with Gasteiger partial charge in [0.25, 0.3) is 11.6 Å². The third-order valence-corrected chi connectivity index (χ3v) is 7.50. The summed E-state index contributed by atoms with van der Waals surface area (Å²) in [6, 6.07) is 14.6. The number of nitrogens with zero attached hydrogens (tertiary/aromatic N) is 3. The van der Waals surface area contributed by atoms with Crippen LogP contribution in [0.4, 0.5) is 11.4 Å². The highest BCUT2D eigenvalue weighted by Crippen LogP contribution is 2.35. The van der Waals surface area contributed by atoms with E-state index in [1.165, 1.54) is 52.8 Å². The number of sulfonamides is 1. The molecule has 1 aliphatic heterocycles. The Bertz CT molecular complexity index is 1250. The third kappa shape index (κ3) is 4.91. The molecule has 1 aliphatic rings. The van der Waals surface area contributed by atoms with Crippen molar-refractivity contribution in [3.8, 4) is 0 Å². The van der Waals surface area contributed by atoms with E-state index in [2.05, 4.69) is 10.3 Å². The number of amides is 1. The molecule has 4 rings (SSSR count). The van der Waals surface area contributed by atoms with Gasteiger partial charge in [-0.05, 0) is 60.9 Å². The van der Waals surface area contributed by atoms with Crippen LogP contribution in [0.5, 0.6) is 0 Å². The zero-order valence-electron chi connectivity index (χ0n) is 17.6. The molecule has 9 nitrogen and oxygen atoms in total. The van der Waals surface area contributed by atoms with Crippen molar-refractivity contribution < 1.29 is 18.1 Å². The highest BCUT2D eigenvalue weighted by molar-refractivity contribution is 7.89. The summed E-state index contributed by atoms with van der Waals surface area (Å²) in [5.41, 5.74) is 1.43. The molecule has 2 heterocycles. The molecule has 1 amide bonds. The van der Waals surface area contributed by atoms with Gasteiger partial charge in [0.2, 0.25) is 10.0 Å². The van der Waals surface area contributed by atoms with E-state index in [1.54, 1.807) is 18.5 Å². The van der Waals surface area contributed by atoms with Gasteiger partial charge in [-0.25, -0.2) is 8.42 Å². The van der Waals surface area contributed by atoms with Crippen LogP contribution in [0.25, 0.3) is 0 Å². The van der Waals surface area contributed by atoms with Gasteiger partial charge in [0.05, 0.1) is 15.9 Å². The summed E-state index contributed by atoms with van der Waals surface area (Å²) in [6.45, 7) is 0.431. The number of nitrogens with one attached hydrogen (secondary N) is 1. The first-order valence-electron chi connectivity index (χ1n) is 10.4. The predicted molar refractivity (Wildman–Crippen MR) is 122 cm³/mol. The topological polar surface area (TPSA) is 123 Å². The van der Waals surface area contributed by atoms with Crippen LogP contribution in [-0.2, 0) is 10.0 Å². The van der Waals surface area contributed by atoms with E-state index in [0.717, 1.165) is 24.8 Å². The van der Waals surface area contributed by atoms with Crippen molar-refractivity contribution in [1.29, 1.82) is 0 Å². The summed E-state index contributed by atoms with van der Waals surface area (Å²) in [7, 11) is -3.74. The van der Waals surface area contributed by atoms with Crippen molar-refractivity contribution in [2.24, 2.45) is 0 Å². The Hall–Kier alpha value is -3.63. The lowest BCUT2D eigenvalue weighted by Crippen LogP contribution is -2.38. The number of nitro groups is 1. The van der Waals surface area contributed by atoms with Gasteiger partial charge in [-0.2, -0.15) is 4.31 Å². The van der Waals surface area contributed by atoms with Crippen molar-refractivity contribution in [3.05, 3.63) is 94.3 Å². The lowest BCUT2D eigenvalue weighted by molar-refractivity contribution is -0.384. The Labute approximate surface area is 191 Å². The van der Waals surface area contributed by atoms with E-state index in [1.807, 2.05) is 6.07 Å². The van der Waals surface area contributed by atoms with Gasteiger partial charge in [-0.15, -0.1) is 0 Å². The van der Waals surface area contributed by atoms with Crippen LogP contribution in [0.15, 0.2) is 78.0 Å². The average Bonchev–Trinajstić information content (AvgIpc) is 2.85. The second kappa shape index (κ2) is 9.47. The zero-order valence-corrected chi connectivity index (χ0v) is 18.4. The molecule has 33 heavy (non-hydrogen) atoms. The maximum Gasteiger partial charge on any atom is 0.269 e. The lowest BCUT2D eigenvalue weighted by atomic mass is 9.99. The first-order valence-corrected chi connectivity index (χ1v) is 11.9. The number of anilines is 1. The molecule has 0 bridgehead atoms. The molecule has 0 aliphatic carbocycles. The van der Waals surface area contributed by atoms with E-state index in [-0.39, 0.29) is 22.2 Å². The van der Waals surface area contributed by atoms with Crippen LogP contribution < -0.4 is 5.32 Å². The fraction of sp³-hybridized carbons (Fsp3) is 0.217. The summed E-state index contributed by atoms with van der Waals surface area (Å²) in [5.74, 6) is -0.451. The number of nitro benzene ring substituents is 1. The summed E-state index contributed by atoms with van der Waals surface area (Å²) in [5, 5.41) is 13.4. The Kier molecular flexibility index (Phi) is 6.47. The fourth-order valence-electron chi connectivity index (χ4n) is 3.88. The highest BCUT2D eigenvalue weighted by atomic mass is 32.2. The molecule has 1 saturated heterocycles. The van der Waals surface area contributed by atoms with Crippen LogP contribution in [0, 0.1) is 10.1 Å². The SMILES string of the molecule is O=C(Nc1ccc(S(=O)(=O)N2CCCC[C@H]2c2cccnc2)cc1)c1ccc([N+](=O)[O-])cc1. The first-order chi connectivity index (χ1) is 15.9. The summed E-state index contributed by atoms with van der Waals surface area (Å²) >= 11 is 0.